The van der Waals surface area contributed by atoms with Gasteiger partial charge in [-0.3, -0.25) is 0 Å². The van der Waals surface area contributed by atoms with Crippen molar-refractivity contribution in [3.05, 3.63) is 158 Å². The highest BCUT2D eigenvalue weighted by Crippen LogP contribution is 2.46. The molecule has 7 rings (SSSR count). The Morgan fingerprint density at radius 3 is 1.36 bits per heavy atom. The molecular formula is C36H26N2S. The molecule has 0 fully saturated rings. The van der Waals surface area contributed by atoms with Crippen LogP contribution < -0.4 is 9.80 Å². The molecule has 0 atom stereocenters. The Kier molecular flexibility index (Phi) is 6.04. The number of para-hydroxylation sites is 4. The van der Waals surface area contributed by atoms with E-state index in [4.69, 9.17) is 0 Å². The van der Waals surface area contributed by atoms with Crippen LogP contribution >= 0.6 is 11.3 Å². The smallest absolute Gasteiger partial charge is 0.0640 e. The molecule has 0 unspecified atom stereocenters. The maximum Gasteiger partial charge on any atom is 0.0640 e. The van der Waals surface area contributed by atoms with E-state index in [0.717, 1.165) is 28.4 Å². The molecule has 0 N–H and O–H groups in total. The first kappa shape index (κ1) is 23.3. The van der Waals surface area contributed by atoms with Gasteiger partial charge in [0.1, 0.15) is 0 Å². The summed E-state index contributed by atoms with van der Waals surface area (Å²) in [6.07, 6.45) is 0. The van der Waals surface area contributed by atoms with Gasteiger partial charge in [0.25, 0.3) is 0 Å². The van der Waals surface area contributed by atoms with Gasteiger partial charge in [0.05, 0.1) is 10.4 Å². The zero-order chi connectivity index (χ0) is 26.0. The molecule has 0 radical (unpaired) electrons. The molecule has 0 spiro atoms. The summed E-state index contributed by atoms with van der Waals surface area (Å²) < 4.78 is 2.55. The fourth-order valence-electron chi connectivity index (χ4n) is 5.27. The summed E-state index contributed by atoms with van der Waals surface area (Å²) in [5, 5.41) is 2.56. The minimum Gasteiger partial charge on any atom is -0.310 e. The lowest BCUT2D eigenvalue weighted by Crippen LogP contribution is -2.09. The van der Waals surface area contributed by atoms with Gasteiger partial charge in [-0.2, -0.15) is 0 Å². The number of nitrogens with zero attached hydrogens (tertiary/aromatic N) is 2. The molecular weight excluding hydrogens is 492 g/mol. The molecule has 0 aliphatic carbocycles. The van der Waals surface area contributed by atoms with E-state index in [-0.39, 0.29) is 0 Å². The number of benzene rings is 6. The Bertz CT molecular complexity index is 1770. The summed E-state index contributed by atoms with van der Waals surface area (Å²) >= 11 is 1.86. The summed E-state index contributed by atoms with van der Waals surface area (Å²) in [6, 6.07) is 55.9. The van der Waals surface area contributed by atoms with Gasteiger partial charge < -0.3 is 9.80 Å². The quantitative estimate of drug-likeness (QED) is 0.216. The van der Waals surface area contributed by atoms with Crippen LogP contribution in [0.25, 0.3) is 20.2 Å². The van der Waals surface area contributed by atoms with E-state index in [1.54, 1.807) is 0 Å². The van der Waals surface area contributed by atoms with Crippen LogP contribution in [0.5, 0.6) is 0 Å². The number of fused-ring (bicyclic) bond motifs is 3. The third-order valence-electron chi connectivity index (χ3n) is 7.02. The Morgan fingerprint density at radius 1 is 0.359 bits per heavy atom. The highest BCUT2D eigenvalue weighted by atomic mass is 32.1. The second-order valence-electron chi connectivity index (χ2n) is 9.45. The fraction of sp³-hybridized carbons (Fsp3) is 0. The molecule has 0 saturated heterocycles. The monoisotopic (exact) mass is 518 g/mol. The van der Waals surface area contributed by atoms with Crippen molar-refractivity contribution in [1.82, 2.24) is 0 Å². The Morgan fingerprint density at radius 2 is 0.846 bits per heavy atom. The van der Waals surface area contributed by atoms with Crippen molar-refractivity contribution in [2.75, 3.05) is 9.80 Å². The number of rotatable bonds is 6. The molecule has 0 amide bonds. The second-order valence-corrected chi connectivity index (χ2v) is 10.5. The number of hydrogen-bond donors (Lipinski definition) is 0. The normalized spacial score (nSPS) is 11.1. The highest BCUT2D eigenvalue weighted by molar-refractivity contribution is 7.26. The Labute approximate surface area is 232 Å². The van der Waals surface area contributed by atoms with Crippen LogP contribution in [0.1, 0.15) is 0 Å². The van der Waals surface area contributed by atoms with Crippen LogP contribution in [0.15, 0.2) is 158 Å². The van der Waals surface area contributed by atoms with Gasteiger partial charge in [-0.15, -0.1) is 11.3 Å². The average molecular weight is 519 g/mol. The van der Waals surface area contributed by atoms with Gasteiger partial charge in [-0.1, -0.05) is 91.0 Å². The predicted octanol–water partition coefficient (Wildman–Crippen LogP) is 11.0. The first-order valence-corrected chi connectivity index (χ1v) is 13.9. The van der Waals surface area contributed by atoms with Gasteiger partial charge in [0.2, 0.25) is 0 Å². The molecule has 7 aromatic rings. The maximum absolute atomic E-state index is 2.36. The van der Waals surface area contributed by atoms with Crippen LogP contribution in [0.4, 0.5) is 34.1 Å². The van der Waals surface area contributed by atoms with Crippen molar-refractivity contribution < 1.29 is 0 Å². The van der Waals surface area contributed by atoms with Crippen LogP contribution in [-0.2, 0) is 0 Å². The maximum atomic E-state index is 2.36. The summed E-state index contributed by atoms with van der Waals surface area (Å²) in [7, 11) is 0. The van der Waals surface area contributed by atoms with Crippen LogP contribution in [-0.4, -0.2) is 0 Å². The molecule has 2 nitrogen and oxygen atoms in total. The van der Waals surface area contributed by atoms with E-state index in [0.29, 0.717) is 0 Å². The zero-order valence-electron chi connectivity index (χ0n) is 21.3. The van der Waals surface area contributed by atoms with E-state index in [2.05, 4.69) is 168 Å². The lowest BCUT2D eigenvalue weighted by Gasteiger charge is -2.25. The van der Waals surface area contributed by atoms with E-state index in [1.165, 1.54) is 25.9 Å². The first-order chi connectivity index (χ1) is 19.4. The van der Waals surface area contributed by atoms with E-state index in [1.807, 2.05) is 11.3 Å². The number of hydrogen-bond acceptors (Lipinski definition) is 3. The van der Waals surface area contributed by atoms with E-state index >= 15 is 0 Å². The zero-order valence-corrected chi connectivity index (χ0v) is 22.1. The summed E-state index contributed by atoms with van der Waals surface area (Å²) in [4.78, 5) is 4.68. The molecule has 39 heavy (non-hydrogen) atoms. The van der Waals surface area contributed by atoms with Crippen LogP contribution in [0.2, 0.25) is 0 Å². The predicted molar refractivity (Wildman–Crippen MR) is 169 cm³/mol. The molecule has 0 aliphatic rings. The molecule has 1 aromatic heterocycles. The van der Waals surface area contributed by atoms with Gasteiger partial charge in [0.15, 0.2) is 0 Å². The van der Waals surface area contributed by atoms with Gasteiger partial charge in [-0.25, -0.2) is 0 Å². The molecule has 6 aromatic carbocycles. The van der Waals surface area contributed by atoms with Crippen molar-refractivity contribution in [2.45, 2.75) is 0 Å². The molecule has 0 aliphatic heterocycles. The minimum atomic E-state index is 1.14. The van der Waals surface area contributed by atoms with E-state index in [9.17, 15) is 0 Å². The summed E-state index contributed by atoms with van der Waals surface area (Å²) in [5.74, 6) is 0. The van der Waals surface area contributed by atoms with Gasteiger partial charge >= 0.3 is 0 Å². The minimum absolute atomic E-state index is 1.14. The molecule has 0 bridgehead atoms. The van der Waals surface area contributed by atoms with Crippen LogP contribution in [0.3, 0.4) is 0 Å². The highest BCUT2D eigenvalue weighted by Gasteiger charge is 2.19. The van der Waals surface area contributed by atoms with Crippen molar-refractivity contribution in [1.29, 1.82) is 0 Å². The summed E-state index contributed by atoms with van der Waals surface area (Å²) in [5.41, 5.74) is 6.92. The Balaban J connectivity index is 1.42. The lowest BCUT2D eigenvalue weighted by atomic mass is 10.1. The van der Waals surface area contributed by atoms with Crippen molar-refractivity contribution in [3.63, 3.8) is 0 Å². The van der Waals surface area contributed by atoms with Crippen LogP contribution in [0, 0.1) is 0 Å². The van der Waals surface area contributed by atoms with Crippen molar-refractivity contribution in [2.24, 2.45) is 0 Å². The van der Waals surface area contributed by atoms with Gasteiger partial charge in [-0.05, 0) is 66.7 Å². The largest absolute Gasteiger partial charge is 0.310 e. The standard InChI is InChI=1S/C36H26N2S/c1-5-14-27(15-6-1)37(28-16-7-2-8-17-28)31-24-25-32-33-22-13-23-34(36(33)39-35(32)26-31)38(29-18-9-3-10-19-29)30-20-11-4-12-21-30/h1-26H. The number of thiophene rings is 1. The Hall–Kier alpha value is -4.86. The lowest BCUT2D eigenvalue weighted by molar-refractivity contribution is 1.29. The molecule has 1 heterocycles. The van der Waals surface area contributed by atoms with E-state index < -0.39 is 0 Å². The third kappa shape index (κ3) is 4.33. The SMILES string of the molecule is c1ccc(N(c2ccccc2)c2ccc3c(c2)sc2c(N(c4ccccc4)c4ccccc4)cccc23)cc1. The van der Waals surface area contributed by atoms with Gasteiger partial charge in [0, 0.05) is 43.9 Å². The summed E-state index contributed by atoms with van der Waals surface area (Å²) in [6.45, 7) is 0. The van der Waals surface area contributed by atoms with Crippen molar-refractivity contribution in [3.8, 4) is 0 Å². The topological polar surface area (TPSA) is 6.48 Å². The third-order valence-corrected chi connectivity index (χ3v) is 8.21. The average Bonchev–Trinajstić information content (AvgIpc) is 3.39. The number of anilines is 6. The molecule has 0 saturated carbocycles. The van der Waals surface area contributed by atoms with Crippen molar-refractivity contribution >= 4 is 65.6 Å². The molecule has 3 heteroatoms. The fourth-order valence-corrected chi connectivity index (χ4v) is 6.51. The second kappa shape index (κ2) is 10.1. The molecule has 186 valence electrons. The first-order valence-electron chi connectivity index (χ1n) is 13.1.